The van der Waals surface area contributed by atoms with Crippen LogP contribution in [0.4, 0.5) is 17.2 Å². The van der Waals surface area contributed by atoms with Crippen LogP contribution >= 0.6 is 0 Å². The summed E-state index contributed by atoms with van der Waals surface area (Å²) in [5, 5.41) is 12.2. The standard InChI is InChI=1S/C18H22N4O4/c1-3-26-17(23)9-11-22(16-6-4-5-10-20-16)18(24)13-7-8-14(19-2)15(12-13)21-25/h4-8,10,12,19,21,25H,3,9,11H2,1-2H3. The Morgan fingerprint density at radius 2 is 2.04 bits per heavy atom. The van der Waals surface area contributed by atoms with Gasteiger partial charge in [-0.3, -0.25) is 25.2 Å². The van der Waals surface area contributed by atoms with Crippen LogP contribution in [0.2, 0.25) is 0 Å². The molecule has 0 saturated carbocycles. The van der Waals surface area contributed by atoms with Crippen LogP contribution in [0.5, 0.6) is 0 Å². The highest BCUT2D eigenvalue weighted by Gasteiger charge is 2.21. The summed E-state index contributed by atoms with van der Waals surface area (Å²) < 4.78 is 4.93. The van der Waals surface area contributed by atoms with Crippen molar-refractivity contribution < 1.29 is 19.5 Å². The molecule has 8 nitrogen and oxygen atoms in total. The minimum atomic E-state index is -0.385. The minimum Gasteiger partial charge on any atom is -0.466 e. The number of hydrogen-bond donors (Lipinski definition) is 3. The molecule has 2 aromatic rings. The minimum absolute atomic E-state index is 0.0514. The number of benzene rings is 1. The first-order valence-corrected chi connectivity index (χ1v) is 8.21. The molecule has 0 fully saturated rings. The molecule has 0 radical (unpaired) electrons. The van der Waals surface area contributed by atoms with E-state index in [4.69, 9.17) is 4.74 Å². The average molecular weight is 358 g/mol. The first-order valence-electron chi connectivity index (χ1n) is 8.21. The van der Waals surface area contributed by atoms with Crippen molar-refractivity contribution >= 4 is 29.1 Å². The number of hydrogen-bond acceptors (Lipinski definition) is 7. The van der Waals surface area contributed by atoms with E-state index in [1.54, 1.807) is 50.5 Å². The number of nitrogens with one attached hydrogen (secondary N) is 2. The van der Waals surface area contributed by atoms with Gasteiger partial charge in [-0.15, -0.1) is 0 Å². The number of nitrogens with zero attached hydrogens (tertiary/aromatic N) is 2. The van der Waals surface area contributed by atoms with E-state index in [9.17, 15) is 14.8 Å². The molecule has 0 spiro atoms. The van der Waals surface area contributed by atoms with Gasteiger partial charge in [0.2, 0.25) is 0 Å². The smallest absolute Gasteiger partial charge is 0.307 e. The molecule has 2 rings (SSSR count). The predicted octanol–water partition coefficient (Wildman–Crippen LogP) is 2.52. The van der Waals surface area contributed by atoms with Gasteiger partial charge in [-0.25, -0.2) is 4.98 Å². The number of carbonyl (C=O) groups excluding carboxylic acids is 2. The van der Waals surface area contributed by atoms with Gasteiger partial charge in [0.1, 0.15) is 5.82 Å². The Morgan fingerprint density at radius 3 is 2.65 bits per heavy atom. The number of rotatable bonds is 8. The topological polar surface area (TPSA) is 104 Å². The highest BCUT2D eigenvalue weighted by molar-refractivity contribution is 6.06. The van der Waals surface area contributed by atoms with Crippen LogP contribution in [-0.2, 0) is 9.53 Å². The Morgan fingerprint density at radius 1 is 1.23 bits per heavy atom. The maximum atomic E-state index is 13.0. The molecular formula is C18H22N4O4. The van der Waals surface area contributed by atoms with Crippen molar-refractivity contribution in [2.24, 2.45) is 0 Å². The van der Waals surface area contributed by atoms with Crippen LogP contribution in [0.25, 0.3) is 0 Å². The second kappa shape index (κ2) is 9.38. The van der Waals surface area contributed by atoms with Crippen LogP contribution in [0.3, 0.4) is 0 Å². The molecule has 3 N–H and O–H groups in total. The molecular weight excluding hydrogens is 336 g/mol. The number of esters is 1. The van der Waals surface area contributed by atoms with Gasteiger partial charge in [0.05, 0.1) is 24.4 Å². The van der Waals surface area contributed by atoms with Crippen LogP contribution in [0, 0.1) is 0 Å². The normalized spacial score (nSPS) is 10.1. The molecule has 0 atom stereocenters. The molecule has 0 saturated heterocycles. The third-order valence-electron chi connectivity index (χ3n) is 3.67. The highest BCUT2D eigenvalue weighted by atomic mass is 16.5. The van der Waals surface area contributed by atoms with Gasteiger partial charge in [0.15, 0.2) is 0 Å². The number of anilines is 3. The molecule has 1 amide bonds. The van der Waals surface area contributed by atoms with Crippen molar-refractivity contribution in [3.05, 3.63) is 48.2 Å². The maximum Gasteiger partial charge on any atom is 0.307 e. The summed E-state index contributed by atoms with van der Waals surface area (Å²) in [7, 11) is 1.71. The Labute approximate surface area is 151 Å². The van der Waals surface area contributed by atoms with Gasteiger partial charge in [-0.05, 0) is 37.3 Å². The largest absolute Gasteiger partial charge is 0.466 e. The number of pyridine rings is 1. The summed E-state index contributed by atoms with van der Waals surface area (Å²) in [6.45, 7) is 2.14. The van der Waals surface area contributed by atoms with E-state index in [1.807, 2.05) is 0 Å². The monoisotopic (exact) mass is 358 g/mol. The van der Waals surface area contributed by atoms with Crippen molar-refractivity contribution in [2.75, 3.05) is 35.9 Å². The average Bonchev–Trinajstić information content (AvgIpc) is 2.68. The molecule has 26 heavy (non-hydrogen) atoms. The zero-order chi connectivity index (χ0) is 18.9. The molecule has 1 aromatic heterocycles. The Kier molecular flexibility index (Phi) is 6.92. The summed E-state index contributed by atoms with van der Waals surface area (Å²) >= 11 is 0. The maximum absolute atomic E-state index is 13.0. The highest BCUT2D eigenvalue weighted by Crippen LogP contribution is 2.24. The van der Waals surface area contributed by atoms with Gasteiger partial charge in [0, 0.05) is 25.4 Å². The molecule has 8 heteroatoms. The molecule has 0 aliphatic heterocycles. The number of amides is 1. The van der Waals surface area contributed by atoms with E-state index in [1.165, 1.54) is 11.0 Å². The second-order valence-electron chi connectivity index (χ2n) is 5.32. The quantitative estimate of drug-likeness (QED) is 0.492. The number of ether oxygens (including phenoxy) is 1. The summed E-state index contributed by atoms with van der Waals surface area (Å²) in [5.74, 6) is -0.297. The second-order valence-corrected chi connectivity index (χ2v) is 5.32. The van der Waals surface area contributed by atoms with Gasteiger partial charge in [0.25, 0.3) is 5.91 Å². The van der Waals surface area contributed by atoms with Crippen LogP contribution in [0.15, 0.2) is 42.6 Å². The fraction of sp³-hybridized carbons (Fsp3) is 0.278. The molecule has 1 aromatic carbocycles. The fourth-order valence-corrected chi connectivity index (χ4v) is 2.41. The van der Waals surface area contributed by atoms with Crippen molar-refractivity contribution in [3.8, 4) is 0 Å². The van der Waals surface area contributed by atoms with Gasteiger partial charge < -0.3 is 10.1 Å². The van der Waals surface area contributed by atoms with Crippen molar-refractivity contribution in [2.45, 2.75) is 13.3 Å². The lowest BCUT2D eigenvalue weighted by Crippen LogP contribution is -2.34. The van der Waals surface area contributed by atoms with E-state index in [0.717, 1.165) is 0 Å². The Bertz CT molecular complexity index is 752. The lowest BCUT2D eigenvalue weighted by atomic mass is 10.1. The lowest BCUT2D eigenvalue weighted by Gasteiger charge is -2.22. The van der Waals surface area contributed by atoms with Gasteiger partial charge in [-0.1, -0.05) is 6.07 Å². The fourth-order valence-electron chi connectivity index (χ4n) is 2.41. The number of carbonyl (C=O) groups is 2. The van der Waals surface area contributed by atoms with Crippen LogP contribution in [0.1, 0.15) is 23.7 Å². The van der Waals surface area contributed by atoms with Crippen molar-refractivity contribution in [3.63, 3.8) is 0 Å². The first-order chi connectivity index (χ1) is 12.6. The van der Waals surface area contributed by atoms with E-state index in [0.29, 0.717) is 22.8 Å². The molecule has 0 aliphatic rings. The third-order valence-corrected chi connectivity index (χ3v) is 3.67. The van der Waals surface area contributed by atoms with E-state index in [2.05, 4.69) is 15.8 Å². The van der Waals surface area contributed by atoms with Crippen molar-refractivity contribution in [1.82, 2.24) is 4.98 Å². The molecule has 1 heterocycles. The van der Waals surface area contributed by atoms with Gasteiger partial charge >= 0.3 is 5.97 Å². The molecule has 138 valence electrons. The SMILES string of the molecule is CCOC(=O)CCN(C(=O)c1ccc(NC)c(NO)c1)c1ccccn1. The molecule has 0 bridgehead atoms. The number of aromatic nitrogens is 1. The van der Waals surface area contributed by atoms with E-state index in [-0.39, 0.29) is 31.4 Å². The summed E-state index contributed by atoms with van der Waals surface area (Å²) in [6.07, 6.45) is 1.63. The zero-order valence-corrected chi connectivity index (χ0v) is 14.7. The Hall–Kier alpha value is -3.13. The van der Waals surface area contributed by atoms with Crippen LogP contribution < -0.4 is 15.7 Å². The van der Waals surface area contributed by atoms with E-state index >= 15 is 0 Å². The summed E-state index contributed by atoms with van der Waals surface area (Å²) in [4.78, 5) is 30.3. The summed E-state index contributed by atoms with van der Waals surface area (Å²) in [5.41, 5.74) is 3.41. The Balaban J connectivity index is 2.29. The molecule has 0 unspecified atom stereocenters. The first kappa shape index (κ1) is 19.2. The van der Waals surface area contributed by atoms with E-state index < -0.39 is 0 Å². The zero-order valence-electron chi connectivity index (χ0n) is 14.7. The van der Waals surface area contributed by atoms with Crippen molar-refractivity contribution in [1.29, 1.82) is 0 Å². The third kappa shape index (κ3) is 4.70. The van der Waals surface area contributed by atoms with Gasteiger partial charge in [-0.2, -0.15) is 0 Å². The lowest BCUT2D eigenvalue weighted by molar-refractivity contribution is -0.142. The predicted molar refractivity (Wildman–Crippen MR) is 98.6 cm³/mol. The van der Waals surface area contributed by atoms with Crippen LogP contribution in [-0.4, -0.2) is 42.3 Å². The molecule has 0 aliphatic carbocycles. The summed E-state index contributed by atoms with van der Waals surface area (Å²) in [6, 6.07) is 10.0.